The molecule has 1 aromatic carbocycles. The maximum absolute atomic E-state index is 12.4. The zero-order valence-corrected chi connectivity index (χ0v) is 13.7. The first-order chi connectivity index (χ1) is 11.2. The molecule has 3 aliphatic rings. The van der Waals surface area contributed by atoms with Gasteiger partial charge in [0.2, 0.25) is 5.91 Å². The largest absolute Gasteiger partial charge is 0.483 e. The monoisotopic (exact) mass is 311 g/mol. The van der Waals surface area contributed by atoms with Crippen molar-refractivity contribution in [3.05, 3.63) is 35.9 Å². The van der Waals surface area contributed by atoms with E-state index < -0.39 is 0 Å². The third-order valence-corrected chi connectivity index (χ3v) is 5.45. The molecule has 0 bridgehead atoms. The molecule has 122 valence electrons. The van der Waals surface area contributed by atoms with Gasteiger partial charge in [-0.25, -0.2) is 0 Å². The Labute approximate surface area is 138 Å². The maximum Gasteiger partial charge on any atom is 0.222 e. The number of likely N-dealkylation sites (tertiary alicyclic amines) is 1. The molecule has 1 aromatic rings. The van der Waals surface area contributed by atoms with Crippen molar-refractivity contribution in [2.24, 2.45) is 5.92 Å². The van der Waals surface area contributed by atoms with E-state index >= 15 is 0 Å². The van der Waals surface area contributed by atoms with Gasteiger partial charge in [0.15, 0.2) is 0 Å². The van der Waals surface area contributed by atoms with Crippen LogP contribution in [0.5, 0.6) is 5.75 Å². The minimum atomic E-state index is -0.222. The molecule has 0 N–H and O–H groups in total. The van der Waals surface area contributed by atoms with Crippen LogP contribution in [0.15, 0.2) is 30.3 Å². The number of hydrogen-bond donors (Lipinski definition) is 0. The first-order valence-corrected chi connectivity index (χ1v) is 8.99. The summed E-state index contributed by atoms with van der Waals surface area (Å²) in [4.78, 5) is 14.5. The Kier molecular flexibility index (Phi) is 3.88. The predicted molar refractivity (Wildman–Crippen MR) is 91.2 cm³/mol. The summed E-state index contributed by atoms with van der Waals surface area (Å²) in [6.07, 6.45) is 11.8. The van der Waals surface area contributed by atoms with Gasteiger partial charge >= 0.3 is 0 Å². The lowest BCUT2D eigenvalue weighted by molar-refractivity contribution is -0.131. The van der Waals surface area contributed by atoms with Gasteiger partial charge in [0.25, 0.3) is 0 Å². The first-order valence-electron chi connectivity index (χ1n) is 8.99. The van der Waals surface area contributed by atoms with Crippen molar-refractivity contribution in [2.45, 2.75) is 50.5 Å². The molecule has 1 spiro atoms. The summed E-state index contributed by atoms with van der Waals surface area (Å²) >= 11 is 0. The molecule has 3 heteroatoms. The van der Waals surface area contributed by atoms with E-state index in [-0.39, 0.29) is 5.60 Å². The fraction of sp³-hybridized carbons (Fsp3) is 0.550. The SMILES string of the molecule is O=C(CCC1CC1)N1CCC[C@@]2(C=Cc3ccccc3O2)CC1. The van der Waals surface area contributed by atoms with Crippen LogP contribution in [-0.2, 0) is 4.79 Å². The third-order valence-electron chi connectivity index (χ3n) is 5.45. The first kappa shape index (κ1) is 14.8. The number of rotatable bonds is 3. The van der Waals surface area contributed by atoms with Crippen molar-refractivity contribution in [3.8, 4) is 5.75 Å². The highest BCUT2D eigenvalue weighted by molar-refractivity contribution is 5.76. The molecule has 1 saturated heterocycles. The predicted octanol–water partition coefficient (Wildman–Crippen LogP) is 4.03. The third kappa shape index (κ3) is 3.29. The van der Waals surface area contributed by atoms with Crippen LogP contribution in [-0.4, -0.2) is 29.5 Å². The fourth-order valence-electron chi connectivity index (χ4n) is 3.75. The molecule has 2 fully saturated rings. The number of para-hydroxylation sites is 1. The minimum absolute atomic E-state index is 0.222. The van der Waals surface area contributed by atoms with Gasteiger partial charge in [0, 0.05) is 31.5 Å². The average molecular weight is 311 g/mol. The standard InChI is InChI=1S/C20H25NO2/c22-19(9-8-16-6-7-16)21-14-3-11-20(13-15-21)12-10-17-4-1-2-5-18(17)23-20/h1-2,4-5,10,12,16H,3,6-9,11,13-15H2/t20-/m1/s1. The Morgan fingerprint density at radius 3 is 2.96 bits per heavy atom. The van der Waals surface area contributed by atoms with Crippen LogP contribution in [0.4, 0.5) is 0 Å². The second kappa shape index (κ2) is 6.03. The van der Waals surface area contributed by atoms with Crippen LogP contribution in [0.1, 0.15) is 50.5 Å². The van der Waals surface area contributed by atoms with E-state index in [0.29, 0.717) is 5.91 Å². The van der Waals surface area contributed by atoms with Gasteiger partial charge < -0.3 is 9.64 Å². The van der Waals surface area contributed by atoms with Crippen LogP contribution in [0, 0.1) is 5.92 Å². The van der Waals surface area contributed by atoms with Gasteiger partial charge in [-0.1, -0.05) is 37.1 Å². The lowest BCUT2D eigenvalue weighted by Crippen LogP contribution is -2.38. The molecule has 1 amide bonds. The number of fused-ring (bicyclic) bond motifs is 1. The molecular formula is C20H25NO2. The number of benzene rings is 1. The van der Waals surface area contributed by atoms with Crippen LogP contribution in [0.2, 0.25) is 0 Å². The topological polar surface area (TPSA) is 29.5 Å². The summed E-state index contributed by atoms with van der Waals surface area (Å²) in [6, 6.07) is 8.20. The smallest absolute Gasteiger partial charge is 0.222 e. The van der Waals surface area contributed by atoms with Gasteiger partial charge in [-0.2, -0.15) is 0 Å². The van der Waals surface area contributed by atoms with Crippen LogP contribution in [0.25, 0.3) is 6.08 Å². The van der Waals surface area contributed by atoms with Crippen molar-refractivity contribution < 1.29 is 9.53 Å². The molecule has 4 rings (SSSR count). The molecule has 2 aliphatic heterocycles. The lowest BCUT2D eigenvalue weighted by Gasteiger charge is -2.34. The molecule has 1 atom stereocenters. The molecule has 0 aromatic heterocycles. The van der Waals surface area contributed by atoms with Gasteiger partial charge in [-0.05, 0) is 37.3 Å². The van der Waals surface area contributed by atoms with E-state index in [2.05, 4.69) is 23.1 Å². The van der Waals surface area contributed by atoms with Gasteiger partial charge in [-0.15, -0.1) is 0 Å². The molecule has 1 saturated carbocycles. The number of carbonyl (C=O) groups excluding carboxylic acids is 1. The van der Waals surface area contributed by atoms with E-state index in [1.165, 1.54) is 12.8 Å². The Bertz CT molecular complexity index is 620. The Balaban J connectivity index is 1.40. The zero-order valence-electron chi connectivity index (χ0n) is 13.7. The van der Waals surface area contributed by atoms with E-state index in [1.807, 2.05) is 18.2 Å². The number of amides is 1. The highest BCUT2D eigenvalue weighted by Gasteiger charge is 2.35. The van der Waals surface area contributed by atoms with Gasteiger partial charge in [0.1, 0.15) is 11.4 Å². The quantitative estimate of drug-likeness (QED) is 0.843. The summed E-state index contributed by atoms with van der Waals surface area (Å²) in [5.41, 5.74) is 0.930. The molecule has 3 nitrogen and oxygen atoms in total. The molecule has 0 unspecified atom stereocenters. The molecule has 1 aliphatic carbocycles. The second-order valence-electron chi connectivity index (χ2n) is 7.25. The Morgan fingerprint density at radius 2 is 2.09 bits per heavy atom. The highest BCUT2D eigenvalue weighted by atomic mass is 16.5. The van der Waals surface area contributed by atoms with Gasteiger partial charge in [0.05, 0.1) is 0 Å². The minimum Gasteiger partial charge on any atom is -0.483 e. The zero-order chi connectivity index (χ0) is 15.7. The normalized spacial score (nSPS) is 26.5. The van der Waals surface area contributed by atoms with E-state index in [0.717, 1.165) is 62.4 Å². The van der Waals surface area contributed by atoms with Gasteiger partial charge in [-0.3, -0.25) is 4.79 Å². The molecule has 23 heavy (non-hydrogen) atoms. The summed E-state index contributed by atoms with van der Waals surface area (Å²) < 4.78 is 6.35. The molecule has 0 radical (unpaired) electrons. The van der Waals surface area contributed by atoms with E-state index in [4.69, 9.17) is 4.74 Å². The number of carbonyl (C=O) groups is 1. The van der Waals surface area contributed by atoms with Crippen LogP contribution in [0.3, 0.4) is 0 Å². The van der Waals surface area contributed by atoms with Crippen LogP contribution >= 0.6 is 0 Å². The Hall–Kier alpha value is -1.77. The average Bonchev–Trinajstić information content (AvgIpc) is 3.40. The second-order valence-corrected chi connectivity index (χ2v) is 7.25. The fourth-order valence-corrected chi connectivity index (χ4v) is 3.75. The molecule has 2 heterocycles. The highest BCUT2D eigenvalue weighted by Crippen LogP contribution is 2.37. The van der Waals surface area contributed by atoms with Crippen molar-refractivity contribution >= 4 is 12.0 Å². The molecular weight excluding hydrogens is 286 g/mol. The van der Waals surface area contributed by atoms with Crippen molar-refractivity contribution in [3.63, 3.8) is 0 Å². The summed E-state index contributed by atoms with van der Waals surface area (Å²) in [6.45, 7) is 1.69. The van der Waals surface area contributed by atoms with Crippen molar-refractivity contribution in [1.82, 2.24) is 4.90 Å². The summed E-state index contributed by atoms with van der Waals surface area (Å²) in [7, 11) is 0. The lowest BCUT2D eigenvalue weighted by atomic mass is 9.91. The van der Waals surface area contributed by atoms with Crippen LogP contribution < -0.4 is 4.74 Å². The van der Waals surface area contributed by atoms with E-state index in [9.17, 15) is 4.79 Å². The maximum atomic E-state index is 12.4. The summed E-state index contributed by atoms with van der Waals surface area (Å²) in [5, 5.41) is 0. The Morgan fingerprint density at radius 1 is 1.22 bits per heavy atom. The number of nitrogens with zero attached hydrogens (tertiary/aromatic N) is 1. The number of hydrogen-bond acceptors (Lipinski definition) is 2. The number of ether oxygens (including phenoxy) is 1. The van der Waals surface area contributed by atoms with Crippen molar-refractivity contribution in [1.29, 1.82) is 0 Å². The van der Waals surface area contributed by atoms with Crippen molar-refractivity contribution in [2.75, 3.05) is 13.1 Å². The van der Waals surface area contributed by atoms with E-state index in [1.54, 1.807) is 0 Å². The summed E-state index contributed by atoms with van der Waals surface area (Å²) in [5.74, 6) is 2.15.